The Balaban J connectivity index is 1.71. The first-order valence-electron chi connectivity index (χ1n) is 6.79. The average molecular weight is 309 g/mol. The maximum atomic E-state index is 12.3. The van der Waals surface area contributed by atoms with E-state index in [1.165, 1.54) is 9.80 Å². The lowest BCUT2D eigenvalue weighted by Gasteiger charge is -2.43. The minimum atomic E-state index is -4.21. The number of amides is 2. The van der Waals surface area contributed by atoms with E-state index in [0.29, 0.717) is 13.1 Å². The van der Waals surface area contributed by atoms with Crippen LogP contribution in [0.25, 0.3) is 0 Å². The maximum absolute atomic E-state index is 12.3. The fourth-order valence-corrected chi connectivity index (χ4v) is 2.65. The monoisotopic (exact) mass is 309 g/mol. The molecule has 0 radical (unpaired) electrons. The van der Waals surface area contributed by atoms with Crippen molar-refractivity contribution in [3.05, 3.63) is 0 Å². The second-order valence-electron chi connectivity index (χ2n) is 5.53. The van der Waals surface area contributed by atoms with Gasteiger partial charge in [0, 0.05) is 45.2 Å². The number of urea groups is 1. The van der Waals surface area contributed by atoms with Crippen LogP contribution in [-0.4, -0.2) is 83.8 Å². The van der Waals surface area contributed by atoms with Crippen LogP contribution in [-0.2, 0) is 4.79 Å². The Morgan fingerprint density at radius 3 is 2.10 bits per heavy atom. The Morgan fingerprint density at radius 1 is 1.05 bits per heavy atom. The van der Waals surface area contributed by atoms with Crippen LogP contribution in [0.3, 0.4) is 0 Å². The molecule has 1 N–H and O–H groups in total. The summed E-state index contributed by atoms with van der Waals surface area (Å²) in [6.45, 7) is 0.834. The molecule has 2 saturated heterocycles. The van der Waals surface area contributed by atoms with E-state index in [4.69, 9.17) is 5.11 Å². The highest BCUT2D eigenvalue weighted by molar-refractivity contribution is 5.76. The fourth-order valence-electron chi connectivity index (χ4n) is 2.65. The topological polar surface area (TPSA) is 64.1 Å². The van der Waals surface area contributed by atoms with Crippen molar-refractivity contribution in [2.75, 3.05) is 45.8 Å². The summed E-state index contributed by atoms with van der Waals surface area (Å²) >= 11 is 0. The molecule has 120 valence electrons. The van der Waals surface area contributed by atoms with E-state index in [1.54, 1.807) is 4.90 Å². The van der Waals surface area contributed by atoms with Gasteiger partial charge in [-0.2, -0.15) is 13.2 Å². The lowest BCUT2D eigenvalue weighted by Crippen LogP contribution is -2.59. The van der Waals surface area contributed by atoms with Crippen LogP contribution in [0, 0.1) is 5.92 Å². The van der Waals surface area contributed by atoms with Crippen LogP contribution < -0.4 is 0 Å². The van der Waals surface area contributed by atoms with Gasteiger partial charge in [-0.15, -0.1) is 0 Å². The van der Waals surface area contributed by atoms with Crippen molar-refractivity contribution in [3.8, 4) is 0 Å². The summed E-state index contributed by atoms with van der Waals surface area (Å²) < 4.78 is 36.8. The number of alkyl halides is 3. The van der Waals surface area contributed by atoms with Crippen molar-refractivity contribution >= 4 is 12.0 Å². The van der Waals surface area contributed by atoms with Crippen molar-refractivity contribution in [1.29, 1.82) is 0 Å². The molecule has 2 aliphatic rings. The first-order valence-corrected chi connectivity index (χ1v) is 6.79. The van der Waals surface area contributed by atoms with Crippen LogP contribution in [0.4, 0.5) is 18.0 Å². The number of nitrogens with zero attached hydrogens (tertiary/aromatic N) is 3. The molecule has 0 spiro atoms. The third-order valence-electron chi connectivity index (χ3n) is 3.74. The van der Waals surface area contributed by atoms with Crippen LogP contribution in [0.2, 0.25) is 0 Å². The first-order chi connectivity index (χ1) is 9.74. The van der Waals surface area contributed by atoms with Gasteiger partial charge in [0.25, 0.3) is 0 Å². The number of carboxylic acid groups (broad SMARTS) is 1. The number of piperazine rings is 1. The van der Waals surface area contributed by atoms with E-state index >= 15 is 0 Å². The van der Waals surface area contributed by atoms with Gasteiger partial charge in [-0.05, 0) is 0 Å². The lowest BCUT2D eigenvalue weighted by atomic mass is 9.97. The maximum Gasteiger partial charge on any atom is 0.401 e. The smallest absolute Gasteiger partial charge is 0.401 e. The number of likely N-dealkylation sites (tertiary alicyclic amines) is 1. The largest absolute Gasteiger partial charge is 0.481 e. The molecule has 21 heavy (non-hydrogen) atoms. The highest BCUT2D eigenvalue weighted by atomic mass is 19.4. The molecule has 0 saturated carbocycles. The molecule has 0 bridgehead atoms. The van der Waals surface area contributed by atoms with E-state index in [1.807, 2.05) is 0 Å². The number of carboxylic acids is 1. The molecule has 2 aliphatic heterocycles. The molecule has 9 heteroatoms. The van der Waals surface area contributed by atoms with Crippen molar-refractivity contribution in [2.24, 2.45) is 5.92 Å². The second-order valence-corrected chi connectivity index (χ2v) is 5.53. The molecule has 0 aromatic heterocycles. The minimum Gasteiger partial charge on any atom is -0.481 e. The third-order valence-corrected chi connectivity index (χ3v) is 3.74. The zero-order chi connectivity index (χ0) is 15.6. The lowest BCUT2D eigenvalue weighted by molar-refractivity contribution is -0.148. The SMILES string of the molecule is O=C(O)CC1CN(C(=O)N2CCN(CC(F)(F)F)CC2)C1. The Bertz CT molecular complexity index is 402. The quantitative estimate of drug-likeness (QED) is 0.833. The molecule has 0 atom stereocenters. The van der Waals surface area contributed by atoms with Gasteiger partial charge in [0.05, 0.1) is 13.0 Å². The number of carbonyl (C=O) groups is 2. The van der Waals surface area contributed by atoms with Gasteiger partial charge in [-0.1, -0.05) is 0 Å². The first kappa shape index (κ1) is 15.9. The minimum absolute atomic E-state index is 0.0158. The fraction of sp³-hybridized carbons (Fsp3) is 0.833. The molecule has 2 heterocycles. The van der Waals surface area contributed by atoms with Crippen molar-refractivity contribution in [3.63, 3.8) is 0 Å². The summed E-state index contributed by atoms with van der Waals surface area (Å²) in [5, 5.41) is 8.63. The number of hydrogen-bond acceptors (Lipinski definition) is 3. The summed E-state index contributed by atoms with van der Waals surface area (Å²) in [6.07, 6.45) is -4.17. The van der Waals surface area contributed by atoms with Gasteiger partial charge in [-0.3, -0.25) is 9.69 Å². The summed E-state index contributed by atoms with van der Waals surface area (Å²) in [7, 11) is 0. The standard InChI is InChI=1S/C12H18F3N3O3/c13-12(14,15)8-16-1-3-17(4-2-16)11(21)18-6-9(7-18)5-10(19)20/h9H,1-8H2,(H,19,20). The van der Waals surface area contributed by atoms with E-state index in [0.717, 1.165) is 0 Å². The molecule has 2 fully saturated rings. The Morgan fingerprint density at radius 2 is 1.62 bits per heavy atom. The summed E-state index contributed by atoms with van der Waals surface area (Å²) in [6, 6.07) is -0.205. The van der Waals surface area contributed by atoms with Gasteiger partial charge < -0.3 is 14.9 Å². The Hall–Kier alpha value is -1.51. The van der Waals surface area contributed by atoms with E-state index in [-0.39, 0.29) is 44.5 Å². The summed E-state index contributed by atoms with van der Waals surface area (Å²) in [5.41, 5.74) is 0. The molecule has 6 nitrogen and oxygen atoms in total. The van der Waals surface area contributed by atoms with Crippen molar-refractivity contribution < 1.29 is 27.9 Å². The third kappa shape index (κ3) is 4.48. The average Bonchev–Trinajstić information content (AvgIpc) is 2.31. The molecular weight excluding hydrogens is 291 g/mol. The van der Waals surface area contributed by atoms with Crippen molar-refractivity contribution in [2.45, 2.75) is 12.6 Å². The number of carbonyl (C=O) groups excluding carboxylic acids is 1. The van der Waals surface area contributed by atoms with E-state index < -0.39 is 18.7 Å². The summed E-state index contributed by atoms with van der Waals surface area (Å²) in [5.74, 6) is -0.897. The highest BCUT2D eigenvalue weighted by Gasteiger charge is 2.37. The Kier molecular flexibility index (Phi) is 4.60. The Labute approximate surface area is 120 Å². The van der Waals surface area contributed by atoms with Gasteiger partial charge in [0.15, 0.2) is 0 Å². The molecule has 0 unspecified atom stereocenters. The molecular formula is C12H18F3N3O3. The second kappa shape index (κ2) is 6.08. The molecule has 0 aromatic carbocycles. The number of rotatable bonds is 3. The molecule has 0 aliphatic carbocycles. The number of halogens is 3. The zero-order valence-electron chi connectivity index (χ0n) is 11.5. The van der Waals surface area contributed by atoms with Gasteiger partial charge in [0.1, 0.15) is 0 Å². The molecule has 2 rings (SSSR count). The summed E-state index contributed by atoms with van der Waals surface area (Å²) in [4.78, 5) is 27.0. The normalized spacial score (nSPS) is 21.3. The predicted octanol–water partition coefficient (Wildman–Crippen LogP) is 0.693. The van der Waals surface area contributed by atoms with Gasteiger partial charge in [-0.25, -0.2) is 4.79 Å². The number of aliphatic carboxylic acids is 1. The van der Waals surface area contributed by atoms with Crippen LogP contribution in [0.1, 0.15) is 6.42 Å². The number of hydrogen-bond donors (Lipinski definition) is 1. The van der Waals surface area contributed by atoms with E-state index in [2.05, 4.69) is 0 Å². The van der Waals surface area contributed by atoms with Gasteiger partial charge >= 0.3 is 18.2 Å². The predicted molar refractivity (Wildman–Crippen MR) is 66.8 cm³/mol. The van der Waals surface area contributed by atoms with E-state index in [9.17, 15) is 22.8 Å². The molecule has 2 amide bonds. The van der Waals surface area contributed by atoms with Crippen molar-refractivity contribution in [1.82, 2.24) is 14.7 Å². The zero-order valence-corrected chi connectivity index (χ0v) is 11.5. The van der Waals surface area contributed by atoms with Crippen LogP contribution >= 0.6 is 0 Å². The van der Waals surface area contributed by atoms with Gasteiger partial charge in [0.2, 0.25) is 0 Å². The van der Waals surface area contributed by atoms with Crippen LogP contribution in [0.5, 0.6) is 0 Å². The van der Waals surface area contributed by atoms with Crippen LogP contribution in [0.15, 0.2) is 0 Å². The molecule has 0 aromatic rings. The highest BCUT2D eigenvalue weighted by Crippen LogP contribution is 2.22.